The third kappa shape index (κ3) is 6.04. The Balaban J connectivity index is 1.80. The van der Waals surface area contributed by atoms with Gasteiger partial charge in [0.15, 0.2) is 0 Å². The first-order chi connectivity index (χ1) is 17.7. The molecule has 0 radical (unpaired) electrons. The van der Waals surface area contributed by atoms with Crippen LogP contribution < -0.4 is 5.32 Å². The molecule has 194 valence electrons. The number of allylic oxidation sites excluding steroid dienone is 1. The van der Waals surface area contributed by atoms with Crippen LogP contribution in [0.15, 0.2) is 60.8 Å². The van der Waals surface area contributed by atoms with E-state index in [1.54, 1.807) is 12.3 Å². The molecule has 1 aliphatic heterocycles. The second kappa shape index (κ2) is 11.5. The molecule has 0 saturated carbocycles. The van der Waals surface area contributed by atoms with Gasteiger partial charge in [-0.15, -0.1) is 0 Å². The first-order valence-corrected chi connectivity index (χ1v) is 13.6. The zero-order valence-electron chi connectivity index (χ0n) is 21.8. The molecule has 8 heteroatoms. The molecule has 0 saturated heterocycles. The minimum Gasteiger partial charge on any atom is -0.396 e. The van der Waals surface area contributed by atoms with Crippen molar-refractivity contribution in [2.24, 2.45) is 0 Å². The number of aromatic nitrogens is 2. The molecule has 4 rings (SSSR count). The van der Waals surface area contributed by atoms with Crippen molar-refractivity contribution in [2.45, 2.75) is 58.0 Å². The van der Waals surface area contributed by atoms with E-state index in [9.17, 15) is 14.1 Å². The van der Waals surface area contributed by atoms with Crippen LogP contribution >= 0.6 is 0 Å². The van der Waals surface area contributed by atoms with Crippen molar-refractivity contribution in [1.82, 2.24) is 19.6 Å². The Kier molecular flexibility index (Phi) is 8.32. The predicted molar refractivity (Wildman–Crippen MR) is 148 cm³/mol. The lowest BCUT2D eigenvalue weighted by molar-refractivity contribution is 0.0945. The Morgan fingerprint density at radius 1 is 1.22 bits per heavy atom. The van der Waals surface area contributed by atoms with E-state index in [1.165, 1.54) is 0 Å². The lowest BCUT2D eigenvalue weighted by Gasteiger charge is -2.30. The van der Waals surface area contributed by atoms with E-state index >= 15 is 0 Å². The van der Waals surface area contributed by atoms with Gasteiger partial charge >= 0.3 is 0 Å². The highest BCUT2D eigenvalue weighted by Crippen LogP contribution is 2.44. The molecular formula is C29H34N4O3S. The highest BCUT2D eigenvalue weighted by atomic mass is 32.2. The summed E-state index contributed by atoms with van der Waals surface area (Å²) in [6, 6.07) is 15.1. The van der Waals surface area contributed by atoms with Gasteiger partial charge in [-0.25, -0.2) is 13.5 Å². The van der Waals surface area contributed by atoms with Crippen molar-refractivity contribution in [3.63, 3.8) is 0 Å². The molecule has 0 bridgehead atoms. The Morgan fingerprint density at radius 3 is 2.70 bits per heavy atom. The predicted octanol–water partition coefficient (Wildman–Crippen LogP) is 4.81. The van der Waals surface area contributed by atoms with E-state index in [0.717, 1.165) is 27.9 Å². The van der Waals surface area contributed by atoms with Gasteiger partial charge in [-0.1, -0.05) is 36.4 Å². The van der Waals surface area contributed by atoms with Gasteiger partial charge in [0.1, 0.15) is 16.7 Å². The number of nitrogens with zero attached hydrogens (tertiary/aromatic N) is 3. The van der Waals surface area contributed by atoms with Crippen molar-refractivity contribution in [1.29, 1.82) is 0 Å². The summed E-state index contributed by atoms with van der Waals surface area (Å²) in [5.74, 6) is -0.298. The van der Waals surface area contributed by atoms with Gasteiger partial charge in [-0.05, 0) is 69.5 Å². The number of hydrogen-bond acceptors (Lipinski definition) is 5. The molecule has 37 heavy (non-hydrogen) atoms. The number of hydrogen-bond donors (Lipinski definition) is 2. The molecule has 1 aromatic carbocycles. The van der Waals surface area contributed by atoms with Gasteiger partial charge in [0.2, 0.25) is 0 Å². The number of benzene rings is 1. The van der Waals surface area contributed by atoms with Crippen LogP contribution in [0.25, 0.3) is 17.3 Å². The van der Waals surface area contributed by atoms with Crippen LogP contribution in [0.1, 0.15) is 73.0 Å². The second-order valence-electron chi connectivity index (χ2n) is 10.0. The van der Waals surface area contributed by atoms with Crippen LogP contribution in [0, 0.1) is 0 Å². The molecule has 2 N–H and O–H groups in total. The molecule has 0 fully saturated rings. The highest BCUT2D eigenvalue weighted by molar-refractivity contribution is 7.84. The first-order valence-electron chi connectivity index (χ1n) is 12.5. The summed E-state index contributed by atoms with van der Waals surface area (Å²) < 4.78 is 15.0. The third-order valence-electron chi connectivity index (χ3n) is 6.20. The van der Waals surface area contributed by atoms with Crippen molar-refractivity contribution < 1.29 is 14.1 Å². The maximum absolute atomic E-state index is 13.5. The van der Waals surface area contributed by atoms with Gasteiger partial charge in [-0.2, -0.15) is 0 Å². The Hall–Kier alpha value is -3.20. The lowest BCUT2D eigenvalue weighted by Crippen LogP contribution is -2.36. The maximum atomic E-state index is 13.5. The minimum atomic E-state index is -1.31. The van der Waals surface area contributed by atoms with Crippen molar-refractivity contribution in [3.05, 3.63) is 88.9 Å². The van der Waals surface area contributed by atoms with E-state index in [0.29, 0.717) is 24.4 Å². The quantitative estimate of drug-likeness (QED) is 0.446. The largest absolute Gasteiger partial charge is 0.396 e. The SMILES string of the molecule is C/C=C/c1cccc(-c2nc(C(=O)NCc3ccccn3)cc3c2[C@@H](CCO)N([S@](=O)C(C)(C)C)C3)c1. The van der Waals surface area contributed by atoms with E-state index < -0.39 is 15.7 Å². The van der Waals surface area contributed by atoms with E-state index in [1.807, 2.05) is 86.6 Å². The highest BCUT2D eigenvalue weighted by Gasteiger charge is 2.40. The summed E-state index contributed by atoms with van der Waals surface area (Å²) in [6.07, 6.45) is 6.10. The van der Waals surface area contributed by atoms with Gasteiger partial charge in [0.25, 0.3) is 5.91 Å². The molecule has 1 amide bonds. The summed E-state index contributed by atoms with van der Waals surface area (Å²) in [7, 11) is -1.31. The summed E-state index contributed by atoms with van der Waals surface area (Å²) in [5.41, 5.74) is 5.45. The molecule has 2 aromatic heterocycles. The van der Waals surface area contributed by atoms with Crippen LogP contribution in [-0.2, 0) is 24.1 Å². The average Bonchev–Trinajstić information content (AvgIpc) is 3.25. The van der Waals surface area contributed by atoms with Crippen molar-refractivity contribution in [3.8, 4) is 11.3 Å². The number of carbonyl (C=O) groups excluding carboxylic acids is 1. The van der Waals surface area contributed by atoms with Crippen LogP contribution in [-0.4, -0.2) is 40.8 Å². The van der Waals surface area contributed by atoms with Gasteiger partial charge in [0.05, 0.1) is 28.7 Å². The van der Waals surface area contributed by atoms with Gasteiger partial charge in [-0.3, -0.25) is 9.78 Å². The molecule has 0 spiro atoms. The van der Waals surface area contributed by atoms with Crippen LogP contribution in [0.4, 0.5) is 0 Å². The summed E-state index contributed by atoms with van der Waals surface area (Å²) in [5, 5.41) is 12.8. The lowest BCUT2D eigenvalue weighted by atomic mass is 9.95. The summed E-state index contributed by atoms with van der Waals surface area (Å²) >= 11 is 0. The van der Waals surface area contributed by atoms with Crippen molar-refractivity contribution >= 4 is 23.0 Å². The van der Waals surface area contributed by atoms with Crippen LogP contribution in [0.5, 0.6) is 0 Å². The zero-order valence-corrected chi connectivity index (χ0v) is 22.6. The maximum Gasteiger partial charge on any atom is 0.270 e. The number of aliphatic hydroxyl groups is 1. The molecule has 7 nitrogen and oxygen atoms in total. The molecule has 3 heterocycles. The summed E-state index contributed by atoms with van der Waals surface area (Å²) in [6.45, 7) is 8.44. The Bertz CT molecular complexity index is 1320. The molecule has 3 aromatic rings. The topological polar surface area (TPSA) is 95.4 Å². The Morgan fingerprint density at radius 2 is 2.03 bits per heavy atom. The standard InChI is InChI=1S/C29H34N4O3S/c1-5-9-20-10-8-11-21(16-20)27-26-22(19-33(25(26)13-15-34)37(36)29(2,3)4)17-24(32-27)28(35)31-18-23-12-6-7-14-30-23/h5-12,14,16-17,25,34H,13,15,18-19H2,1-4H3,(H,31,35)/b9-5+/t25-,37-/m1/s1. The van der Waals surface area contributed by atoms with Gasteiger partial charge in [0, 0.05) is 30.5 Å². The van der Waals surface area contributed by atoms with Crippen LogP contribution in [0.3, 0.4) is 0 Å². The Labute approximate surface area is 221 Å². The molecule has 0 aliphatic carbocycles. The molecule has 0 unspecified atom stereocenters. The fourth-order valence-electron chi connectivity index (χ4n) is 4.55. The van der Waals surface area contributed by atoms with E-state index in [-0.39, 0.29) is 25.1 Å². The number of fused-ring (bicyclic) bond motifs is 1. The smallest absolute Gasteiger partial charge is 0.270 e. The van der Waals surface area contributed by atoms with E-state index in [4.69, 9.17) is 4.98 Å². The van der Waals surface area contributed by atoms with Gasteiger partial charge < -0.3 is 10.4 Å². The molecule has 2 atom stereocenters. The zero-order chi connectivity index (χ0) is 26.6. The van der Waals surface area contributed by atoms with Crippen LogP contribution in [0.2, 0.25) is 0 Å². The fraction of sp³-hybridized carbons (Fsp3) is 0.345. The number of carbonyl (C=O) groups is 1. The number of amides is 1. The number of nitrogens with one attached hydrogen (secondary N) is 1. The number of pyridine rings is 2. The fourth-order valence-corrected chi connectivity index (χ4v) is 5.95. The monoisotopic (exact) mass is 518 g/mol. The minimum absolute atomic E-state index is 0.0493. The normalized spacial score (nSPS) is 16.6. The molecule has 1 aliphatic rings. The third-order valence-corrected chi connectivity index (χ3v) is 8.06. The van der Waals surface area contributed by atoms with Crippen molar-refractivity contribution in [2.75, 3.05) is 6.61 Å². The first kappa shape index (κ1) is 26.9. The summed E-state index contributed by atoms with van der Waals surface area (Å²) in [4.78, 5) is 22.4. The van der Waals surface area contributed by atoms with E-state index in [2.05, 4.69) is 10.3 Å². The second-order valence-corrected chi connectivity index (χ2v) is 12.2. The number of rotatable bonds is 8. The average molecular weight is 519 g/mol. The number of aliphatic hydroxyl groups excluding tert-OH is 1. The molecular weight excluding hydrogens is 484 g/mol.